The summed E-state index contributed by atoms with van der Waals surface area (Å²) in [6.07, 6.45) is 4.55. The summed E-state index contributed by atoms with van der Waals surface area (Å²) in [5.74, 6) is -2.38. The lowest BCUT2D eigenvalue weighted by Gasteiger charge is -2.50. The van der Waals surface area contributed by atoms with Crippen LogP contribution in [0, 0.1) is 23.2 Å². The highest BCUT2D eigenvalue weighted by atomic mass is 35.5. The number of ether oxygens (including phenoxy) is 3. The fraction of sp³-hybridized carbons (Fsp3) is 0.466. The van der Waals surface area contributed by atoms with Crippen LogP contribution < -0.4 is 31.3 Å². The summed E-state index contributed by atoms with van der Waals surface area (Å²) in [7, 11) is 0. The average molecular weight is 1080 g/mol. The highest BCUT2D eigenvalue weighted by Crippen LogP contribution is 2.61. The van der Waals surface area contributed by atoms with Crippen LogP contribution in [-0.2, 0) is 52.7 Å². The molecule has 4 aromatic carbocycles. The van der Waals surface area contributed by atoms with Crippen molar-refractivity contribution < 1.29 is 52.9 Å². The van der Waals surface area contributed by atoms with Crippen molar-refractivity contribution >= 4 is 64.9 Å². The number of benzene rings is 4. The third kappa shape index (κ3) is 14.8. The van der Waals surface area contributed by atoms with Crippen LogP contribution in [0.4, 0.5) is 4.79 Å². The van der Waals surface area contributed by atoms with Crippen LogP contribution in [0.3, 0.4) is 0 Å². The van der Waals surface area contributed by atoms with Gasteiger partial charge in [0.1, 0.15) is 41.3 Å². The normalized spacial score (nSPS) is 20.8. The minimum absolute atomic E-state index is 0.000754. The van der Waals surface area contributed by atoms with Gasteiger partial charge in [-0.15, -0.1) is 0 Å². The van der Waals surface area contributed by atoms with Crippen LogP contribution in [0.2, 0.25) is 10.0 Å². The maximum absolute atomic E-state index is 14.2. The molecular weight excluding hydrogens is 1010 g/mol. The van der Waals surface area contributed by atoms with Gasteiger partial charge in [-0.1, -0.05) is 98.6 Å². The van der Waals surface area contributed by atoms with E-state index < -0.39 is 78.5 Å². The summed E-state index contributed by atoms with van der Waals surface area (Å²) in [5.41, 5.74) is 2.71. The Hall–Kier alpha value is -6.65. The quantitative estimate of drug-likeness (QED) is 0.0387. The molecule has 2 fully saturated rings. The Morgan fingerprint density at radius 1 is 0.724 bits per heavy atom. The van der Waals surface area contributed by atoms with Crippen molar-refractivity contribution in [3.8, 4) is 11.5 Å². The summed E-state index contributed by atoms with van der Waals surface area (Å²) in [4.78, 5) is 94.3. The molecule has 406 valence electrons. The van der Waals surface area contributed by atoms with E-state index in [1.54, 1.807) is 45.0 Å². The number of phenolic OH excluding ortho intramolecular Hbond substituents is 1. The lowest BCUT2D eigenvalue weighted by molar-refractivity contribution is -0.161. The molecular formula is C58H69Cl2N5O11. The molecule has 76 heavy (non-hydrogen) atoms. The van der Waals surface area contributed by atoms with Crippen LogP contribution in [0.5, 0.6) is 11.5 Å². The predicted molar refractivity (Wildman–Crippen MR) is 287 cm³/mol. The minimum atomic E-state index is -1.23. The largest absolute Gasteiger partial charge is 0.508 e. The van der Waals surface area contributed by atoms with Gasteiger partial charge in [-0.2, -0.15) is 0 Å². The van der Waals surface area contributed by atoms with Crippen LogP contribution in [0.25, 0.3) is 0 Å². The molecule has 5 amide bonds. The molecule has 0 aromatic heterocycles. The first-order chi connectivity index (χ1) is 36.1. The molecule has 0 unspecified atom stereocenters. The molecule has 0 radical (unpaired) electrons. The van der Waals surface area contributed by atoms with Gasteiger partial charge in [0, 0.05) is 18.3 Å². The standard InChI is InChI=1S/C58H69Cl2N5O11/c1-33(2)27-47(54(71)75-48-24-23-42-41-21-17-36-30-37(66)18-22-39(36)40(41)25-26-58(42,48)6)64-53(70)46(28-34-11-8-7-9-12-34)63-50(68)32-61-49(67)31-62-52(69)45(65-56(73)76-57(3,4)5)29-35-15-19-38(20-16-35)74-55(72)51-43(59)13-10-14-44(51)60/h7-16,18-20,22,30,33,40-42,45-48,66H,17,21,23-29,31-32H2,1-6H3,(H,61,67)(H,62,69)(H,63,68)(H,64,70)(H,65,73)/t40-,41-,42+,45+,46+,47+,48+,58+/m1/s1. The number of rotatable bonds is 19. The molecule has 0 spiro atoms. The molecule has 4 aromatic rings. The monoisotopic (exact) mass is 1080 g/mol. The van der Waals surface area contributed by atoms with Gasteiger partial charge in [0.15, 0.2) is 0 Å². The molecule has 0 heterocycles. The van der Waals surface area contributed by atoms with E-state index in [1.807, 2.05) is 50.2 Å². The maximum atomic E-state index is 14.2. The van der Waals surface area contributed by atoms with Crippen molar-refractivity contribution in [3.05, 3.63) is 129 Å². The number of aromatic hydroxyl groups is 1. The number of phenols is 1. The number of nitrogens with one attached hydrogen (secondary N) is 5. The highest BCUT2D eigenvalue weighted by molar-refractivity contribution is 6.39. The highest BCUT2D eigenvalue weighted by Gasteiger charge is 2.56. The van der Waals surface area contributed by atoms with Crippen molar-refractivity contribution in [1.82, 2.24) is 26.6 Å². The first-order valence-electron chi connectivity index (χ1n) is 26.0. The zero-order chi connectivity index (χ0) is 54.9. The van der Waals surface area contributed by atoms with Gasteiger partial charge in [0.25, 0.3) is 0 Å². The van der Waals surface area contributed by atoms with Gasteiger partial charge in [-0.3, -0.25) is 19.2 Å². The van der Waals surface area contributed by atoms with Crippen LogP contribution in [-0.4, -0.2) is 89.7 Å². The van der Waals surface area contributed by atoms with Crippen molar-refractivity contribution in [2.24, 2.45) is 23.2 Å². The number of alkyl carbamates (subject to hydrolysis) is 1. The Morgan fingerprint density at radius 3 is 2.05 bits per heavy atom. The Kier molecular flexibility index (Phi) is 18.8. The van der Waals surface area contributed by atoms with Crippen LogP contribution >= 0.6 is 23.2 Å². The molecule has 7 rings (SSSR count). The summed E-state index contributed by atoms with van der Waals surface area (Å²) in [6, 6.07) is 22.2. The van der Waals surface area contributed by atoms with E-state index in [9.17, 15) is 38.7 Å². The van der Waals surface area contributed by atoms with E-state index in [4.69, 9.17) is 37.4 Å². The predicted octanol–water partition coefficient (Wildman–Crippen LogP) is 8.31. The minimum Gasteiger partial charge on any atom is -0.508 e. The Bertz CT molecular complexity index is 2750. The van der Waals surface area contributed by atoms with Crippen molar-refractivity contribution in [2.45, 2.75) is 135 Å². The molecule has 16 nitrogen and oxygen atoms in total. The number of fused-ring (bicyclic) bond motifs is 5. The lowest BCUT2D eigenvalue weighted by Crippen LogP contribution is -2.55. The summed E-state index contributed by atoms with van der Waals surface area (Å²) in [6.45, 7) is 10.0. The molecule has 3 aliphatic carbocycles. The Morgan fingerprint density at radius 2 is 1.38 bits per heavy atom. The molecule has 2 saturated carbocycles. The number of amides is 5. The molecule has 18 heteroatoms. The Balaban J connectivity index is 0.942. The molecule has 0 saturated heterocycles. The van der Waals surface area contributed by atoms with Gasteiger partial charge < -0.3 is 45.9 Å². The fourth-order valence-electron chi connectivity index (χ4n) is 11.2. The van der Waals surface area contributed by atoms with E-state index >= 15 is 0 Å². The van der Waals surface area contributed by atoms with E-state index in [0.29, 0.717) is 35.5 Å². The number of hydrogen-bond acceptors (Lipinski definition) is 11. The van der Waals surface area contributed by atoms with Gasteiger partial charge in [-0.25, -0.2) is 14.4 Å². The SMILES string of the molecule is CC(C)C[C@H](NC(=O)[C@H](Cc1ccccc1)NC(=O)CNC(=O)CNC(=O)[C@H](Cc1ccc(OC(=O)c2c(Cl)cccc2Cl)cc1)NC(=O)OC(C)(C)C)C(=O)O[C@H]1CC[C@H]2[C@@H]3CCc4cc(O)ccc4[C@H]3CC[C@]12C. The van der Waals surface area contributed by atoms with Gasteiger partial charge in [0.05, 0.1) is 28.7 Å². The summed E-state index contributed by atoms with van der Waals surface area (Å²) >= 11 is 12.3. The number of carbonyl (C=O) groups excluding carboxylic acids is 7. The zero-order valence-electron chi connectivity index (χ0n) is 43.8. The molecule has 8 atom stereocenters. The fourth-order valence-corrected chi connectivity index (χ4v) is 11.7. The number of esters is 2. The van der Waals surface area contributed by atoms with Crippen molar-refractivity contribution in [1.29, 1.82) is 0 Å². The van der Waals surface area contributed by atoms with Gasteiger partial charge >= 0.3 is 18.0 Å². The second kappa shape index (κ2) is 25.0. The average Bonchev–Trinajstić information content (AvgIpc) is 3.74. The second-order valence-corrected chi connectivity index (χ2v) is 22.7. The number of halogens is 2. The molecule has 6 N–H and O–H groups in total. The van der Waals surface area contributed by atoms with E-state index in [-0.39, 0.29) is 51.6 Å². The summed E-state index contributed by atoms with van der Waals surface area (Å²) < 4.78 is 17.3. The van der Waals surface area contributed by atoms with E-state index in [2.05, 4.69) is 39.6 Å². The van der Waals surface area contributed by atoms with Crippen molar-refractivity contribution in [2.75, 3.05) is 13.1 Å². The van der Waals surface area contributed by atoms with Crippen LogP contribution in [0.15, 0.2) is 91.0 Å². The molecule has 0 bridgehead atoms. The number of carbonyl (C=O) groups is 7. The maximum Gasteiger partial charge on any atom is 0.408 e. The van der Waals surface area contributed by atoms with Crippen LogP contribution in [0.1, 0.15) is 119 Å². The van der Waals surface area contributed by atoms with Crippen molar-refractivity contribution in [3.63, 3.8) is 0 Å². The summed E-state index contributed by atoms with van der Waals surface area (Å²) in [5, 5.41) is 23.5. The number of aryl methyl sites for hydroxylation is 1. The molecule has 3 aliphatic rings. The third-order valence-electron chi connectivity index (χ3n) is 14.7. The molecule has 0 aliphatic heterocycles. The topological polar surface area (TPSA) is 228 Å². The first kappa shape index (κ1) is 57.1. The second-order valence-electron chi connectivity index (χ2n) is 21.9. The smallest absolute Gasteiger partial charge is 0.408 e. The van der Waals surface area contributed by atoms with Gasteiger partial charge in [0.2, 0.25) is 23.6 Å². The van der Waals surface area contributed by atoms with Gasteiger partial charge in [-0.05, 0) is 148 Å². The first-order valence-corrected chi connectivity index (χ1v) is 26.8. The zero-order valence-corrected chi connectivity index (χ0v) is 45.4. The van der Waals surface area contributed by atoms with E-state index in [1.165, 1.54) is 35.4 Å². The Labute approximate surface area is 454 Å². The number of hydrogen-bond donors (Lipinski definition) is 6. The third-order valence-corrected chi connectivity index (χ3v) is 15.4. The lowest BCUT2D eigenvalue weighted by atomic mass is 9.55. The van der Waals surface area contributed by atoms with E-state index in [0.717, 1.165) is 44.1 Å².